The van der Waals surface area contributed by atoms with Crippen molar-refractivity contribution in [3.63, 3.8) is 0 Å². The van der Waals surface area contributed by atoms with E-state index >= 15 is 0 Å². The Balaban J connectivity index is 3.29. The van der Waals surface area contributed by atoms with Gasteiger partial charge in [0, 0.05) is 12.8 Å². The van der Waals surface area contributed by atoms with E-state index in [9.17, 15) is 19.8 Å². The molecule has 0 aromatic rings. The molecular formula is C92H181NO5. The number of nitrogens with one attached hydrogen (secondary N) is 1. The number of ether oxygens (including phenoxy) is 1. The third-order valence-corrected chi connectivity index (χ3v) is 22.1. The van der Waals surface area contributed by atoms with E-state index < -0.39 is 12.1 Å². The van der Waals surface area contributed by atoms with Gasteiger partial charge in [0.05, 0.1) is 25.4 Å². The first-order chi connectivity index (χ1) is 48.5. The van der Waals surface area contributed by atoms with Gasteiger partial charge in [0.1, 0.15) is 0 Å². The van der Waals surface area contributed by atoms with Crippen molar-refractivity contribution in [2.24, 2.45) is 0 Å². The highest BCUT2D eigenvalue weighted by molar-refractivity contribution is 5.76. The molecule has 98 heavy (non-hydrogen) atoms. The van der Waals surface area contributed by atoms with Crippen molar-refractivity contribution >= 4 is 11.9 Å². The fourth-order valence-electron chi connectivity index (χ4n) is 15.1. The molecule has 0 saturated carbocycles. The van der Waals surface area contributed by atoms with Crippen LogP contribution in [-0.2, 0) is 14.3 Å². The molecule has 2 atom stereocenters. The molecule has 0 aliphatic carbocycles. The van der Waals surface area contributed by atoms with Crippen LogP contribution in [0.5, 0.6) is 0 Å². The maximum absolute atomic E-state index is 12.6. The number of carbonyl (C=O) groups is 2. The van der Waals surface area contributed by atoms with Crippen molar-refractivity contribution in [2.75, 3.05) is 13.2 Å². The van der Waals surface area contributed by atoms with E-state index in [0.29, 0.717) is 25.9 Å². The lowest BCUT2D eigenvalue weighted by Crippen LogP contribution is -2.45. The first kappa shape index (κ1) is 96.6. The van der Waals surface area contributed by atoms with Crippen molar-refractivity contribution in [1.29, 1.82) is 0 Å². The van der Waals surface area contributed by atoms with Crippen LogP contribution >= 0.6 is 0 Å². The van der Waals surface area contributed by atoms with Gasteiger partial charge in [-0.05, 0) is 51.4 Å². The van der Waals surface area contributed by atoms with Gasteiger partial charge in [-0.1, -0.05) is 488 Å². The topological polar surface area (TPSA) is 95.9 Å². The van der Waals surface area contributed by atoms with Gasteiger partial charge in [0.15, 0.2) is 0 Å². The molecule has 0 aromatic heterocycles. The summed E-state index contributed by atoms with van der Waals surface area (Å²) < 4.78 is 5.52. The Bertz CT molecular complexity index is 1500. The summed E-state index contributed by atoms with van der Waals surface area (Å²) in [5, 5.41) is 23.5. The van der Waals surface area contributed by atoms with Crippen LogP contribution in [0.25, 0.3) is 0 Å². The average molecular weight is 1380 g/mol. The molecule has 6 heteroatoms. The minimum absolute atomic E-state index is 0.0217. The van der Waals surface area contributed by atoms with Crippen molar-refractivity contribution in [3.05, 3.63) is 12.2 Å². The Labute approximate surface area is 616 Å². The standard InChI is InChI=1S/C92H181NO5/c1-3-5-7-9-11-13-15-17-19-21-22-23-24-40-43-46-49-53-56-60-64-68-72-76-80-84-90(95)89(88-94)93-91(96)85-81-77-73-69-65-61-57-54-50-47-44-41-38-36-34-32-30-28-26-25-27-29-31-33-35-37-39-42-45-48-51-55-59-63-67-71-75-79-83-87-98-92(97)86-82-78-74-70-66-62-58-52-20-18-16-14-12-10-8-6-4-2/h18,20,89-90,94-95H,3-17,19,21-88H2,1-2H3,(H,93,96)/b20-18-. The molecule has 0 heterocycles. The zero-order valence-corrected chi connectivity index (χ0v) is 67.3. The van der Waals surface area contributed by atoms with Crippen LogP contribution in [0.15, 0.2) is 12.2 Å². The van der Waals surface area contributed by atoms with Crippen LogP contribution in [0.3, 0.4) is 0 Å². The number of hydrogen-bond donors (Lipinski definition) is 3. The van der Waals surface area contributed by atoms with Gasteiger partial charge in [0.25, 0.3) is 0 Å². The van der Waals surface area contributed by atoms with E-state index in [1.165, 1.54) is 469 Å². The molecule has 0 aliphatic rings. The minimum Gasteiger partial charge on any atom is -0.466 e. The Morgan fingerprint density at radius 2 is 0.480 bits per heavy atom. The molecule has 0 fully saturated rings. The van der Waals surface area contributed by atoms with Gasteiger partial charge >= 0.3 is 5.97 Å². The summed E-state index contributed by atoms with van der Waals surface area (Å²) in [6, 6.07) is -0.538. The molecule has 584 valence electrons. The number of esters is 1. The number of aliphatic hydroxyl groups is 2. The molecule has 0 radical (unpaired) electrons. The smallest absolute Gasteiger partial charge is 0.305 e. The van der Waals surface area contributed by atoms with E-state index in [-0.39, 0.29) is 18.5 Å². The van der Waals surface area contributed by atoms with Crippen LogP contribution in [0, 0.1) is 0 Å². The third-order valence-electron chi connectivity index (χ3n) is 22.1. The quantitative estimate of drug-likeness (QED) is 0.0320. The summed E-state index contributed by atoms with van der Waals surface area (Å²) in [7, 11) is 0. The van der Waals surface area contributed by atoms with Gasteiger partial charge in [-0.2, -0.15) is 0 Å². The Morgan fingerprint density at radius 3 is 0.724 bits per heavy atom. The Hall–Kier alpha value is -1.40. The summed E-state index contributed by atoms with van der Waals surface area (Å²) in [6.45, 7) is 5.02. The van der Waals surface area contributed by atoms with Crippen molar-refractivity contribution in [3.8, 4) is 0 Å². The SMILES string of the molecule is CCCCCCCC/C=C\CCCCCCCCCC(=O)OCCCCCCCCCCCCCCCCCCCCCCCCCCCCCCCCCCCCCCCCCC(=O)NC(CO)C(O)CCCCCCCCCCCCCCCCCCCCCCCCCCC. The van der Waals surface area contributed by atoms with Gasteiger partial charge < -0.3 is 20.3 Å². The molecule has 0 aromatic carbocycles. The number of amides is 1. The molecule has 6 nitrogen and oxygen atoms in total. The van der Waals surface area contributed by atoms with E-state index in [0.717, 1.165) is 38.5 Å². The lowest BCUT2D eigenvalue weighted by Gasteiger charge is -2.22. The van der Waals surface area contributed by atoms with Gasteiger partial charge in [-0.15, -0.1) is 0 Å². The van der Waals surface area contributed by atoms with Crippen LogP contribution in [0.2, 0.25) is 0 Å². The number of rotatable bonds is 88. The lowest BCUT2D eigenvalue weighted by atomic mass is 10.0. The first-order valence-corrected chi connectivity index (χ1v) is 45.9. The normalized spacial score (nSPS) is 12.4. The highest BCUT2D eigenvalue weighted by Crippen LogP contribution is 2.22. The van der Waals surface area contributed by atoms with E-state index in [2.05, 4.69) is 31.3 Å². The highest BCUT2D eigenvalue weighted by atomic mass is 16.5. The number of hydrogen-bond acceptors (Lipinski definition) is 5. The maximum Gasteiger partial charge on any atom is 0.305 e. The summed E-state index contributed by atoms with van der Waals surface area (Å²) >= 11 is 0. The van der Waals surface area contributed by atoms with Gasteiger partial charge in [-0.25, -0.2) is 0 Å². The Kier molecular flexibility index (Phi) is 86.7. The zero-order chi connectivity index (χ0) is 70.5. The fourth-order valence-corrected chi connectivity index (χ4v) is 15.1. The largest absolute Gasteiger partial charge is 0.466 e. The molecule has 3 N–H and O–H groups in total. The lowest BCUT2D eigenvalue weighted by molar-refractivity contribution is -0.143. The molecule has 1 amide bonds. The summed E-state index contributed by atoms with van der Waals surface area (Å²) in [4.78, 5) is 24.7. The molecular weight excluding hydrogens is 1200 g/mol. The fraction of sp³-hybridized carbons (Fsp3) is 0.957. The second kappa shape index (κ2) is 88.0. The second-order valence-electron chi connectivity index (χ2n) is 32.0. The van der Waals surface area contributed by atoms with Crippen molar-refractivity contribution < 1.29 is 24.5 Å². The Morgan fingerprint density at radius 1 is 0.276 bits per heavy atom. The van der Waals surface area contributed by atoms with E-state index in [1.807, 2.05) is 0 Å². The average Bonchev–Trinajstić information content (AvgIpc) is 1.73. The predicted octanol–water partition coefficient (Wildman–Crippen LogP) is 31.0. The molecule has 0 aliphatic heterocycles. The molecule has 0 saturated heterocycles. The minimum atomic E-state index is -0.661. The van der Waals surface area contributed by atoms with Gasteiger partial charge in [-0.3, -0.25) is 9.59 Å². The predicted molar refractivity (Wildman–Crippen MR) is 435 cm³/mol. The summed E-state index contributed by atoms with van der Waals surface area (Å²) in [6.07, 6.45) is 114. The zero-order valence-electron chi connectivity index (χ0n) is 67.3. The number of allylic oxidation sites excluding steroid dienone is 2. The van der Waals surface area contributed by atoms with E-state index in [4.69, 9.17) is 4.74 Å². The number of aliphatic hydroxyl groups excluding tert-OH is 2. The summed E-state index contributed by atoms with van der Waals surface area (Å²) in [5.74, 6) is 0.000551. The van der Waals surface area contributed by atoms with E-state index in [1.54, 1.807) is 0 Å². The number of unbranched alkanes of at least 4 members (excludes halogenated alkanes) is 75. The van der Waals surface area contributed by atoms with Crippen LogP contribution < -0.4 is 5.32 Å². The molecule has 0 rings (SSSR count). The monoisotopic (exact) mass is 1380 g/mol. The molecule has 2 unspecified atom stereocenters. The summed E-state index contributed by atoms with van der Waals surface area (Å²) in [5.41, 5.74) is 0. The van der Waals surface area contributed by atoms with Crippen LogP contribution in [0.1, 0.15) is 540 Å². The third kappa shape index (κ3) is 83.5. The number of carbonyl (C=O) groups excluding carboxylic acids is 2. The van der Waals surface area contributed by atoms with Gasteiger partial charge in [0.2, 0.25) is 5.91 Å². The second-order valence-corrected chi connectivity index (χ2v) is 32.0. The van der Waals surface area contributed by atoms with Crippen LogP contribution in [-0.4, -0.2) is 47.4 Å². The molecule has 0 bridgehead atoms. The maximum atomic E-state index is 12.6. The van der Waals surface area contributed by atoms with Crippen molar-refractivity contribution in [2.45, 2.75) is 553 Å². The van der Waals surface area contributed by atoms with Crippen molar-refractivity contribution in [1.82, 2.24) is 5.32 Å². The first-order valence-electron chi connectivity index (χ1n) is 45.9. The molecule has 0 spiro atoms. The highest BCUT2D eigenvalue weighted by Gasteiger charge is 2.20. The van der Waals surface area contributed by atoms with Crippen LogP contribution in [0.4, 0.5) is 0 Å².